The molecule has 1 aliphatic rings. The van der Waals surface area contributed by atoms with Crippen molar-refractivity contribution in [2.24, 2.45) is 0 Å². The highest BCUT2D eigenvalue weighted by molar-refractivity contribution is 5.76. The number of carbonyl (C=O) groups is 1. The Morgan fingerprint density at radius 2 is 1.55 bits per heavy atom. The summed E-state index contributed by atoms with van der Waals surface area (Å²) in [5, 5.41) is 10.6. The number of benzene rings is 1. The highest BCUT2D eigenvalue weighted by Gasteiger charge is 2.64. The number of alkyl halides is 5. The van der Waals surface area contributed by atoms with Gasteiger partial charge in [0.15, 0.2) is 0 Å². The lowest BCUT2D eigenvalue weighted by Crippen LogP contribution is -2.43. The average molecular weight is 326 g/mol. The van der Waals surface area contributed by atoms with Crippen molar-refractivity contribution >= 4 is 11.7 Å². The lowest BCUT2D eigenvalue weighted by Gasteiger charge is -2.29. The Morgan fingerprint density at radius 1 is 1.05 bits per heavy atom. The van der Waals surface area contributed by atoms with E-state index in [1.54, 1.807) is 0 Å². The highest BCUT2D eigenvalue weighted by atomic mass is 19.4. The van der Waals surface area contributed by atoms with E-state index in [2.05, 4.69) is 40.5 Å². The number of aliphatic carboxylic acids is 1. The maximum atomic E-state index is 11.3. The summed E-state index contributed by atoms with van der Waals surface area (Å²) in [4.78, 5) is 11.6. The molecular weight excluding hydrogens is 311 g/mol. The molecule has 2 N–H and O–H groups in total. The van der Waals surface area contributed by atoms with Crippen LogP contribution in [0.3, 0.4) is 0 Å². The fourth-order valence-corrected chi connectivity index (χ4v) is 1.68. The van der Waals surface area contributed by atoms with E-state index in [1.807, 2.05) is 0 Å². The van der Waals surface area contributed by atoms with E-state index in [9.17, 15) is 26.7 Å². The molecule has 0 amide bonds. The van der Waals surface area contributed by atoms with Gasteiger partial charge in [-0.1, -0.05) is 18.2 Å². The summed E-state index contributed by atoms with van der Waals surface area (Å²) in [6.45, 7) is 4.47. The van der Waals surface area contributed by atoms with E-state index < -0.39 is 18.1 Å². The molecule has 1 aromatic carbocycles. The summed E-state index contributed by atoms with van der Waals surface area (Å²) < 4.78 is 55.5. The molecule has 0 atom stereocenters. The summed E-state index contributed by atoms with van der Waals surface area (Å²) in [7, 11) is 0. The molecule has 0 aliphatic carbocycles. The lowest BCUT2D eigenvalue weighted by molar-refractivity contribution is -0.277. The maximum Gasteiger partial charge on any atom is 0.465 e. The van der Waals surface area contributed by atoms with Gasteiger partial charge in [-0.2, -0.15) is 22.0 Å². The topological polar surface area (TPSA) is 52.6 Å². The van der Waals surface area contributed by atoms with Crippen molar-refractivity contribution in [3.8, 4) is 0 Å². The molecule has 1 saturated heterocycles. The predicted octanol–water partition coefficient (Wildman–Crippen LogP) is 2.36. The van der Waals surface area contributed by atoms with Crippen LogP contribution in [0.25, 0.3) is 0 Å². The summed E-state index contributed by atoms with van der Waals surface area (Å²) >= 11 is 0. The zero-order valence-corrected chi connectivity index (χ0v) is 11.4. The monoisotopic (exact) mass is 326 g/mol. The quantitative estimate of drug-likeness (QED) is 0.820. The number of anilines is 1. The van der Waals surface area contributed by atoms with Crippen LogP contribution in [0.2, 0.25) is 0 Å². The third kappa shape index (κ3) is 4.83. The minimum atomic E-state index is -6.02. The molecule has 22 heavy (non-hydrogen) atoms. The molecule has 0 spiro atoms. The number of rotatable bonds is 2. The minimum Gasteiger partial charge on any atom is -0.477 e. The number of nitrogens with one attached hydrogen (secondary N) is 1. The number of carboxylic acids is 1. The van der Waals surface area contributed by atoms with Gasteiger partial charge in [0.1, 0.15) is 0 Å². The van der Waals surface area contributed by atoms with Gasteiger partial charge in [-0.3, -0.25) is 0 Å². The smallest absolute Gasteiger partial charge is 0.465 e. The van der Waals surface area contributed by atoms with Crippen LogP contribution in [-0.2, 0) is 4.79 Å². The van der Waals surface area contributed by atoms with E-state index in [0.29, 0.717) is 0 Å². The van der Waals surface area contributed by atoms with Crippen molar-refractivity contribution in [1.29, 1.82) is 0 Å². The second-order valence-electron chi connectivity index (χ2n) is 4.45. The third-order valence-corrected chi connectivity index (χ3v) is 2.86. The van der Waals surface area contributed by atoms with Crippen molar-refractivity contribution in [1.82, 2.24) is 5.32 Å². The lowest BCUT2D eigenvalue weighted by atomic mass is 10.2. The minimum absolute atomic E-state index is 1.11. The Balaban J connectivity index is 0.000000225. The van der Waals surface area contributed by atoms with Gasteiger partial charge in [-0.25, -0.2) is 4.79 Å². The Morgan fingerprint density at radius 3 is 1.91 bits per heavy atom. The van der Waals surface area contributed by atoms with Crippen molar-refractivity contribution in [2.75, 3.05) is 31.1 Å². The average Bonchev–Trinajstić information content (AvgIpc) is 2.48. The van der Waals surface area contributed by atoms with Gasteiger partial charge < -0.3 is 15.3 Å². The summed E-state index contributed by atoms with van der Waals surface area (Å²) in [6, 6.07) is 10.6. The molecule has 0 unspecified atom stereocenters. The Kier molecular flexibility index (Phi) is 6.10. The van der Waals surface area contributed by atoms with Gasteiger partial charge >= 0.3 is 18.1 Å². The Labute approximate surface area is 123 Å². The van der Waals surface area contributed by atoms with E-state index in [-0.39, 0.29) is 0 Å². The second kappa shape index (κ2) is 7.39. The first-order chi connectivity index (χ1) is 10.2. The first-order valence-corrected chi connectivity index (χ1v) is 6.35. The van der Waals surface area contributed by atoms with Crippen molar-refractivity contribution in [3.63, 3.8) is 0 Å². The Bertz CT molecular complexity index is 473. The third-order valence-electron chi connectivity index (χ3n) is 2.86. The van der Waals surface area contributed by atoms with Crippen LogP contribution in [-0.4, -0.2) is 49.4 Å². The van der Waals surface area contributed by atoms with E-state index in [1.165, 1.54) is 5.69 Å². The zero-order valence-electron chi connectivity index (χ0n) is 11.4. The van der Waals surface area contributed by atoms with Crippen LogP contribution >= 0.6 is 0 Å². The number of carboxylic acid groups (broad SMARTS) is 1. The number of halogens is 5. The van der Waals surface area contributed by atoms with Crippen molar-refractivity contribution in [2.45, 2.75) is 12.1 Å². The first-order valence-electron chi connectivity index (χ1n) is 6.35. The molecule has 2 rings (SSSR count). The van der Waals surface area contributed by atoms with E-state index >= 15 is 0 Å². The zero-order chi connectivity index (χ0) is 16.8. The molecule has 0 bridgehead atoms. The van der Waals surface area contributed by atoms with Gasteiger partial charge in [0.05, 0.1) is 0 Å². The number of hydrogen-bond donors (Lipinski definition) is 2. The van der Waals surface area contributed by atoms with Gasteiger partial charge in [0.25, 0.3) is 0 Å². The van der Waals surface area contributed by atoms with Gasteiger partial charge in [-0.05, 0) is 12.1 Å². The molecule has 4 nitrogen and oxygen atoms in total. The van der Waals surface area contributed by atoms with Gasteiger partial charge in [0, 0.05) is 31.9 Å². The first kappa shape index (κ1) is 18.1. The normalized spacial score (nSPS) is 15.8. The summed E-state index contributed by atoms with van der Waals surface area (Å²) in [6.07, 6.45) is -6.02. The van der Waals surface area contributed by atoms with Crippen LogP contribution in [0.4, 0.5) is 27.6 Å². The fourth-order valence-electron chi connectivity index (χ4n) is 1.68. The van der Waals surface area contributed by atoms with Crippen molar-refractivity contribution in [3.05, 3.63) is 30.3 Å². The Hall–Kier alpha value is -1.90. The molecule has 1 aliphatic heterocycles. The summed E-state index contributed by atoms with van der Waals surface area (Å²) in [5.41, 5.74) is 1.35. The van der Waals surface area contributed by atoms with Crippen LogP contribution in [0.5, 0.6) is 0 Å². The molecule has 124 valence electrons. The van der Waals surface area contributed by atoms with Crippen LogP contribution in [0.1, 0.15) is 0 Å². The number of hydrogen-bond acceptors (Lipinski definition) is 3. The van der Waals surface area contributed by atoms with Gasteiger partial charge in [-0.15, -0.1) is 0 Å². The second-order valence-corrected chi connectivity index (χ2v) is 4.45. The van der Waals surface area contributed by atoms with Crippen molar-refractivity contribution < 1.29 is 31.9 Å². The van der Waals surface area contributed by atoms with E-state index in [4.69, 9.17) is 5.11 Å². The molecular formula is C13H15F5N2O2. The highest BCUT2D eigenvalue weighted by Crippen LogP contribution is 2.35. The predicted molar refractivity (Wildman–Crippen MR) is 70.2 cm³/mol. The fraction of sp³-hybridized carbons (Fsp3) is 0.462. The van der Waals surface area contributed by atoms with Crippen LogP contribution in [0.15, 0.2) is 30.3 Å². The number of piperazine rings is 1. The summed E-state index contributed by atoms with van der Waals surface area (Å²) in [5.74, 6) is -8.84. The molecule has 0 saturated carbocycles. The van der Waals surface area contributed by atoms with Gasteiger partial charge in [0.2, 0.25) is 0 Å². The number of nitrogens with zero attached hydrogens (tertiary/aromatic N) is 1. The van der Waals surface area contributed by atoms with Crippen LogP contribution < -0.4 is 10.2 Å². The SMILES string of the molecule is O=C(O)C(F)(F)C(F)(F)F.c1ccc(N2CCNCC2)cc1. The molecule has 0 radical (unpaired) electrons. The van der Waals surface area contributed by atoms with E-state index in [0.717, 1.165) is 26.2 Å². The number of para-hydroxylation sites is 1. The van der Waals surface area contributed by atoms with Crippen LogP contribution in [0, 0.1) is 0 Å². The standard InChI is InChI=1S/C10H14N2.C3HF5O2/c1-2-4-10(5-3-1)12-8-6-11-7-9-12;4-2(5,1(9)10)3(6,7)8/h1-5,11H,6-9H2;(H,9,10). The molecule has 1 heterocycles. The maximum absolute atomic E-state index is 11.3. The largest absolute Gasteiger partial charge is 0.477 e. The molecule has 1 aromatic rings. The molecule has 1 fully saturated rings. The molecule has 9 heteroatoms. The molecule has 0 aromatic heterocycles.